The smallest absolute Gasteiger partial charge is 0.125 e. The van der Waals surface area contributed by atoms with Crippen molar-refractivity contribution in [1.82, 2.24) is 24.6 Å². The third-order valence-corrected chi connectivity index (χ3v) is 4.87. The number of hydrogen-bond acceptors (Lipinski definition) is 3. The first-order chi connectivity index (χ1) is 9.83. The molecular formula is C15H21N5. The van der Waals surface area contributed by atoms with E-state index in [2.05, 4.69) is 39.4 Å². The van der Waals surface area contributed by atoms with Gasteiger partial charge >= 0.3 is 0 Å². The lowest BCUT2D eigenvalue weighted by molar-refractivity contribution is 0.412. The first-order valence-corrected chi connectivity index (χ1v) is 7.58. The van der Waals surface area contributed by atoms with Crippen LogP contribution in [0.1, 0.15) is 54.7 Å². The van der Waals surface area contributed by atoms with Crippen molar-refractivity contribution in [3.63, 3.8) is 0 Å². The number of imidazole rings is 1. The minimum atomic E-state index is 0.383. The standard InChI is InChI=1S/C15H21N5/c1-19-14(12(9-18-19)11-3-2-4-11)10-17-13-5-7-20-8-6-16-15(13)20/h6,8-9,11,13,17H,2-5,7,10H2,1H3. The maximum Gasteiger partial charge on any atom is 0.125 e. The normalized spacial score (nSPS) is 21.9. The summed E-state index contributed by atoms with van der Waals surface area (Å²) in [7, 11) is 2.05. The fraction of sp³-hybridized carbons (Fsp3) is 0.600. The van der Waals surface area contributed by atoms with Crippen LogP contribution < -0.4 is 5.32 Å². The second kappa shape index (κ2) is 4.74. The SMILES string of the molecule is Cn1ncc(C2CCC2)c1CNC1CCn2ccnc21. The molecule has 0 bridgehead atoms. The molecule has 0 radical (unpaired) electrons. The summed E-state index contributed by atoms with van der Waals surface area (Å²) in [6.07, 6.45) is 11.2. The van der Waals surface area contributed by atoms with E-state index in [0.29, 0.717) is 6.04 Å². The zero-order valence-corrected chi connectivity index (χ0v) is 11.9. The van der Waals surface area contributed by atoms with E-state index in [1.807, 2.05) is 10.9 Å². The van der Waals surface area contributed by atoms with E-state index in [-0.39, 0.29) is 0 Å². The first-order valence-electron chi connectivity index (χ1n) is 7.58. The van der Waals surface area contributed by atoms with E-state index >= 15 is 0 Å². The molecule has 2 aromatic rings. The number of fused-ring (bicyclic) bond motifs is 1. The van der Waals surface area contributed by atoms with Gasteiger partial charge in [0.25, 0.3) is 0 Å². The van der Waals surface area contributed by atoms with Crippen LogP contribution in [0.2, 0.25) is 0 Å². The molecule has 106 valence electrons. The number of hydrogen-bond donors (Lipinski definition) is 1. The van der Waals surface area contributed by atoms with Crippen LogP contribution in [-0.2, 0) is 20.1 Å². The summed E-state index contributed by atoms with van der Waals surface area (Å²) in [4.78, 5) is 4.46. The van der Waals surface area contributed by atoms with E-state index in [4.69, 9.17) is 0 Å². The third-order valence-electron chi connectivity index (χ3n) is 4.87. The quantitative estimate of drug-likeness (QED) is 0.926. The topological polar surface area (TPSA) is 47.7 Å². The molecule has 1 unspecified atom stereocenters. The number of rotatable bonds is 4. The molecule has 1 aliphatic carbocycles. The highest BCUT2D eigenvalue weighted by Gasteiger charge is 2.26. The van der Waals surface area contributed by atoms with E-state index < -0.39 is 0 Å². The zero-order chi connectivity index (χ0) is 13.5. The summed E-state index contributed by atoms with van der Waals surface area (Å²) in [6, 6.07) is 0.383. The van der Waals surface area contributed by atoms with Crippen LogP contribution in [0.15, 0.2) is 18.6 Å². The molecule has 0 spiro atoms. The molecule has 0 aromatic carbocycles. The summed E-state index contributed by atoms with van der Waals surface area (Å²) in [5, 5.41) is 8.12. The van der Waals surface area contributed by atoms with Gasteiger partial charge in [-0.3, -0.25) is 4.68 Å². The van der Waals surface area contributed by atoms with E-state index in [1.165, 1.54) is 36.3 Å². The monoisotopic (exact) mass is 271 g/mol. The van der Waals surface area contributed by atoms with Crippen molar-refractivity contribution >= 4 is 0 Å². The summed E-state index contributed by atoms with van der Waals surface area (Å²) in [6.45, 7) is 1.97. The van der Waals surface area contributed by atoms with Gasteiger partial charge in [-0.2, -0.15) is 5.10 Å². The van der Waals surface area contributed by atoms with Crippen molar-refractivity contribution in [2.24, 2.45) is 7.05 Å². The minimum Gasteiger partial charge on any atom is -0.334 e. The zero-order valence-electron chi connectivity index (χ0n) is 11.9. The van der Waals surface area contributed by atoms with Gasteiger partial charge in [0.2, 0.25) is 0 Å². The first kappa shape index (κ1) is 12.1. The second-order valence-electron chi connectivity index (χ2n) is 6.00. The Hall–Kier alpha value is -1.62. The fourth-order valence-corrected chi connectivity index (χ4v) is 3.39. The molecule has 1 N–H and O–H groups in total. The molecule has 20 heavy (non-hydrogen) atoms. The average Bonchev–Trinajstić information content (AvgIpc) is 3.03. The Morgan fingerprint density at radius 3 is 3.05 bits per heavy atom. The number of aromatic nitrogens is 4. The van der Waals surface area contributed by atoms with Gasteiger partial charge in [-0.05, 0) is 30.7 Å². The van der Waals surface area contributed by atoms with E-state index in [1.54, 1.807) is 0 Å². The van der Waals surface area contributed by atoms with Crippen molar-refractivity contribution in [3.8, 4) is 0 Å². The molecule has 0 amide bonds. The summed E-state index contributed by atoms with van der Waals surface area (Å²) < 4.78 is 4.27. The van der Waals surface area contributed by atoms with Crippen LogP contribution in [0, 0.1) is 0 Å². The Labute approximate surface area is 119 Å². The highest BCUT2D eigenvalue weighted by atomic mass is 15.3. The lowest BCUT2D eigenvalue weighted by Gasteiger charge is -2.26. The van der Waals surface area contributed by atoms with Crippen LogP contribution in [0.5, 0.6) is 0 Å². The molecule has 3 heterocycles. The second-order valence-corrected chi connectivity index (χ2v) is 6.00. The molecule has 1 saturated carbocycles. The lowest BCUT2D eigenvalue weighted by Crippen LogP contribution is -2.23. The Balaban J connectivity index is 1.49. The molecule has 2 aliphatic rings. The molecule has 1 aliphatic heterocycles. The van der Waals surface area contributed by atoms with Crippen LogP contribution in [-0.4, -0.2) is 19.3 Å². The molecule has 0 saturated heterocycles. The lowest BCUT2D eigenvalue weighted by atomic mass is 9.80. The fourth-order valence-electron chi connectivity index (χ4n) is 3.39. The van der Waals surface area contributed by atoms with Gasteiger partial charge < -0.3 is 9.88 Å². The van der Waals surface area contributed by atoms with Gasteiger partial charge in [0.15, 0.2) is 0 Å². The van der Waals surface area contributed by atoms with Crippen molar-refractivity contribution < 1.29 is 0 Å². The molecular weight excluding hydrogens is 250 g/mol. The maximum absolute atomic E-state index is 4.46. The number of nitrogens with zero attached hydrogens (tertiary/aromatic N) is 4. The largest absolute Gasteiger partial charge is 0.334 e. The van der Waals surface area contributed by atoms with Crippen LogP contribution in [0.25, 0.3) is 0 Å². The highest BCUT2D eigenvalue weighted by molar-refractivity contribution is 5.24. The average molecular weight is 271 g/mol. The van der Waals surface area contributed by atoms with Gasteiger partial charge in [-0.1, -0.05) is 6.42 Å². The van der Waals surface area contributed by atoms with Gasteiger partial charge in [-0.25, -0.2) is 4.98 Å². The highest BCUT2D eigenvalue weighted by Crippen LogP contribution is 2.38. The van der Waals surface area contributed by atoms with Gasteiger partial charge in [-0.15, -0.1) is 0 Å². The summed E-state index contributed by atoms with van der Waals surface area (Å²) in [5.74, 6) is 1.92. The Kier molecular flexibility index (Phi) is 2.88. The van der Waals surface area contributed by atoms with Crippen LogP contribution in [0.4, 0.5) is 0 Å². The van der Waals surface area contributed by atoms with Crippen molar-refractivity contribution in [2.75, 3.05) is 0 Å². The van der Waals surface area contributed by atoms with Crippen LogP contribution >= 0.6 is 0 Å². The molecule has 5 heteroatoms. The summed E-state index contributed by atoms with van der Waals surface area (Å²) in [5.41, 5.74) is 2.80. The summed E-state index contributed by atoms with van der Waals surface area (Å²) >= 11 is 0. The van der Waals surface area contributed by atoms with Crippen LogP contribution in [0.3, 0.4) is 0 Å². The molecule has 4 rings (SSSR count). The van der Waals surface area contributed by atoms with Gasteiger partial charge in [0.1, 0.15) is 5.82 Å². The maximum atomic E-state index is 4.46. The predicted molar refractivity (Wildman–Crippen MR) is 76.2 cm³/mol. The Morgan fingerprint density at radius 1 is 1.35 bits per heavy atom. The van der Waals surface area contributed by atoms with E-state index in [9.17, 15) is 0 Å². The molecule has 1 fully saturated rings. The Bertz CT molecular complexity index is 608. The van der Waals surface area contributed by atoms with Crippen molar-refractivity contribution in [1.29, 1.82) is 0 Å². The predicted octanol–water partition coefficient (Wildman–Crippen LogP) is 2.12. The van der Waals surface area contributed by atoms with Crippen molar-refractivity contribution in [2.45, 2.75) is 50.7 Å². The molecule has 2 aromatic heterocycles. The molecule has 5 nitrogen and oxygen atoms in total. The third kappa shape index (κ3) is 1.88. The molecule has 1 atom stereocenters. The van der Waals surface area contributed by atoms with E-state index in [0.717, 1.165) is 25.4 Å². The van der Waals surface area contributed by atoms with Gasteiger partial charge in [0.05, 0.1) is 17.9 Å². The number of aryl methyl sites for hydroxylation is 2. The van der Waals surface area contributed by atoms with Crippen molar-refractivity contribution in [3.05, 3.63) is 35.7 Å². The Morgan fingerprint density at radius 2 is 2.25 bits per heavy atom. The van der Waals surface area contributed by atoms with Gasteiger partial charge in [0, 0.05) is 32.5 Å². The number of nitrogens with one attached hydrogen (secondary N) is 1. The minimum absolute atomic E-state index is 0.383.